The van der Waals surface area contributed by atoms with Gasteiger partial charge in [-0.05, 0) is 108 Å². The van der Waals surface area contributed by atoms with Crippen LogP contribution in [0.2, 0.25) is 0 Å². The number of anilines is 1. The van der Waals surface area contributed by atoms with E-state index in [1.807, 2.05) is 6.92 Å². The highest BCUT2D eigenvalue weighted by Gasteiger charge is 2.29. The lowest BCUT2D eigenvalue weighted by molar-refractivity contribution is 0.122. The molecule has 0 radical (unpaired) electrons. The van der Waals surface area contributed by atoms with Crippen molar-refractivity contribution in [3.05, 3.63) is 28.3 Å². The molecule has 1 saturated heterocycles. The number of urea groups is 1. The molecule has 1 aromatic carbocycles. The molecule has 1 fully saturated rings. The van der Waals surface area contributed by atoms with E-state index in [-0.39, 0.29) is 11.8 Å². The topological polar surface area (TPSA) is 81.7 Å². The van der Waals surface area contributed by atoms with Crippen LogP contribution < -0.4 is 10.0 Å². The summed E-state index contributed by atoms with van der Waals surface area (Å²) < 4.78 is 27.7. The number of fused-ring (bicyclic) bond motifs is 2. The molecule has 0 aromatic heterocycles. The second-order valence-corrected chi connectivity index (χ2v) is 11.4. The Kier molecular flexibility index (Phi) is 6.60. The molecule has 31 heavy (non-hydrogen) atoms. The van der Waals surface area contributed by atoms with Crippen molar-refractivity contribution in [2.24, 2.45) is 0 Å². The SMILES string of the molecule is CC(CS(=O)(=O)NC(=O)Nc1c2c(cc3c1CCC3)CCC2)N1CCC(N(C)C)CC1. The third-order valence-electron chi connectivity index (χ3n) is 7.27. The van der Waals surface area contributed by atoms with Crippen LogP contribution in [0, 0.1) is 0 Å². The molecule has 1 aromatic rings. The van der Waals surface area contributed by atoms with E-state index < -0.39 is 16.1 Å². The van der Waals surface area contributed by atoms with Crippen molar-refractivity contribution in [3.63, 3.8) is 0 Å². The summed E-state index contributed by atoms with van der Waals surface area (Å²) in [6.07, 6.45) is 8.24. The predicted octanol–water partition coefficient (Wildman–Crippen LogP) is 2.53. The van der Waals surface area contributed by atoms with Crippen LogP contribution in [0.1, 0.15) is 54.9 Å². The minimum Gasteiger partial charge on any atom is -0.307 e. The second-order valence-electron chi connectivity index (χ2n) is 9.65. The first-order chi connectivity index (χ1) is 14.7. The van der Waals surface area contributed by atoms with Crippen LogP contribution in [0.3, 0.4) is 0 Å². The van der Waals surface area contributed by atoms with Crippen molar-refractivity contribution in [3.8, 4) is 0 Å². The Bertz CT molecular complexity index is 904. The Labute approximate surface area is 186 Å². The molecule has 0 spiro atoms. The number of piperidine rings is 1. The average Bonchev–Trinajstić information content (AvgIpc) is 3.36. The highest BCUT2D eigenvalue weighted by molar-refractivity contribution is 7.90. The molecule has 1 unspecified atom stereocenters. The van der Waals surface area contributed by atoms with Gasteiger partial charge in [0.2, 0.25) is 10.0 Å². The lowest BCUT2D eigenvalue weighted by Gasteiger charge is -2.38. The Morgan fingerprint density at radius 1 is 1.10 bits per heavy atom. The first kappa shape index (κ1) is 22.6. The van der Waals surface area contributed by atoms with Crippen LogP contribution in [0.25, 0.3) is 0 Å². The number of likely N-dealkylation sites (tertiary alicyclic amines) is 1. The lowest BCUT2D eigenvalue weighted by Crippen LogP contribution is -2.49. The number of aryl methyl sites for hydroxylation is 2. The molecule has 172 valence electrons. The van der Waals surface area contributed by atoms with Crippen LogP contribution in [0.4, 0.5) is 10.5 Å². The monoisotopic (exact) mass is 448 g/mol. The molecule has 7 nitrogen and oxygen atoms in total. The molecule has 0 saturated carbocycles. The van der Waals surface area contributed by atoms with Crippen molar-refractivity contribution < 1.29 is 13.2 Å². The highest BCUT2D eigenvalue weighted by atomic mass is 32.2. The van der Waals surface area contributed by atoms with Gasteiger partial charge in [0, 0.05) is 17.8 Å². The number of hydrogen-bond donors (Lipinski definition) is 2. The molecule has 2 amide bonds. The van der Waals surface area contributed by atoms with E-state index in [0.717, 1.165) is 70.1 Å². The highest BCUT2D eigenvalue weighted by Crippen LogP contribution is 2.38. The van der Waals surface area contributed by atoms with E-state index in [9.17, 15) is 13.2 Å². The van der Waals surface area contributed by atoms with E-state index in [4.69, 9.17) is 0 Å². The number of hydrogen-bond acceptors (Lipinski definition) is 5. The minimum absolute atomic E-state index is 0.0714. The van der Waals surface area contributed by atoms with Crippen molar-refractivity contribution in [2.45, 2.75) is 70.4 Å². The number of carbonyl (C=O) groups excluding carboxylic acids is 1. The number of nitrogens with zero attached hydrogens (tertiary/aromatic N) is 2. The molecule has 1 aliphatic heterocycles. The smallest absolute Gasteiger partial charge is 0.307 e. The number of rotatable bonds is 6. The molecule has 0 bridgehead atoms. The standard InChI is InChI=1S/C23H36N4O3S/c1-16(27-12-10-19(11-13-27)26(2)3)15-31(29,30)25-23(28)24-22-20-8-4-6-17(20)14-18-7-5-9-21(18)22/h14,16,19H,4-13,15H2,1-3H3,(H2,24,25,28). The van der Waals surface area contributed by atoms with Gasteiger partial charge in [0.15, 0.2) is 0 Å². The first-order valence-corrected chi connectivity index (χ1v) is 13.3. The normalized spacial score (nSPS) is 20.5. The van der Waals surface area contributed by atoms with E-state index in [1.54, 1.807) is 0 Å². The molecule has 4 rings (SSSR count). The van der Waals surface area contributed by atoms with Gasteiger partial charge in [-0.15, -0.1) is 0 Å². The van der Waals surface area contributed by atoms with E-state index in [1.165, 1.54) is 22.3 Å². The number of carbonyl (C=O) groups is 1. The number of benzene rings is 1. The van der Waals surface area contributed by atoms with Gasteiger partial charge in [-0.2, -0.15) is 0 Å². The third-order valence-corrected chi connectivity index (χ3v) is 8.69. The van der Waals surface area contributed by atoms with Gasteiger partial charge in [-0.3, -0.25) is 4.90 Å². The average molecular weight is 449 g/mol. The molecule has 8 heteroatoms. The summed E-state index contributed by atoms with van der Waals surface area (Å²) in [6.45, 7) is 3.70. The van der Waals surface area contributed by atoms with Crippen LogP contribution in [0.5, 0.6) is 0 Å². The predicted molar refractivity (Wildman–Crippen MR) is 124 cm³/mol. The first-order valence-electron chi connectivity index (χ1n) is 11.6. The van der Waals surface area contributed by atoms with Crippen molar-refractivity contribution in [2.75, 3.05) is 38.3 Å². The maximum absolute atomic E-state index is 12.7. The van der Waals surface area contributed by atoms with Crippen LogP contribution in [0.15, 0.2) is 6.07 Å². The van der Waals surface area contributed by atoms with E-state index >= 15 is 0 Å². The maximum Gasteiger partial charge on any atom is 0.332 e. The fourth-order valence-corrected chi connectivity index (χ4v) is 6.82. The van der Waals surface area contributed by atoms with Gasteiger partial charge < -0.3 is 10.2 Å². The fraction of sp³-hybridized carbons (Fsp3) is 0.696. The number of nitrogens with one attached hydrogen (secondary N) is 2. The zero-order chi connectivity index (χ0) is 22.2. The largest absolute Gasteiger partial charge is 0.332 e. The zero-order valence-corrected chi connectivity index (χ0v) is 19.9. The zero-order valence-electron chi connectivity index (χ0n) is 19.0. The quantitative estimate of drug-likeness (QED) is 0.699. The van der Waals surface area contributed by atoms with E-state index in [0.29, 0.717) is 6.04 Å². The summed E-state index contributed by atoms with van der Waals surface area (Å²) in [5, 5.41) is 2.92. The Balaban J connectivity index is 1.37. The third kappa shape index (κ3) is 5.07. The van der Waals surface area contributed by atoms with Gasteiger partial charge in [0.25, 0.3) is 0 Å². The fourth-order valence-electron chi connectivity index (χ4n) is 5.56. The molecular weight excluding hydrogens is 412 g/mol. The summed E-state index contributed by atoms with van der Waals surface area (Å²) in [4.78, 5) is 17.1. The summed E-state index contributed by atoms with van der Waals surface area (Å²) in [7, 11) is 0.461. The molecule has 1 heterocycles. The molecule has 1 atom stereocenters. The second kappa shape index (κ2) is 9.08. The van der Waals surface area contributed by atoms with Crippen LogP contribution in [-0.4, -0.2) is 69.3 Å². The maximum atomic E-state index is 12.7. The minimum atomic E-state index is -3.72. The molecule has 2 aliphatic carbocycles. The molecule has 3 aliphatic rings. The summed E-state index contributed by atoms with van der Waals surface area (Å²) in [5.74, 6) is -0.0714. The number of sulfonamides is 1. The molecular formula is C23H36N4O3S. The van der Waals surface area contributed by atoms with Gasteiger partial charge >= 0.3 is 6.03 Å². The van der Waals surface area contributed by atoms with Crippen LogP contribution in [-0.2, 0) is 35.7 Å². The summed E-state index contributed by atoms with van der Waals surface area (Å²) in [6, 6.07) is 2.09. The van der Waals surface area contributed by atoms with E-state index in [2.05, 4.69) is 40.0 Å². The van der Waals surface area contributed by atoms with Gasteiger partial charge in [-0.1, -0.05) is 6.07 Å². The van der Waals surface area contributed by atoms with Crippen LogP contribution >= 0.6 is 0 Å². The Morgan fingerprint density at radius 3 is 2.23 bits per heavy atom. The van der Waals surface area contributed by atoms with Gasteiger partial charge in [0.1, 0.15) is 0 Å². The summed E-state index contributed by atoms with van der Waals surface area (Å²) >= 11 is 0. The van der Waals surface area contributed by atoms with Crippen molar-refractivity contribution in [1.29, 1.82) is 0 Å². The van der Waals surface area contributed by atoms with Crippen molar-refractivity contribution in [1.82, 2.24) is 14.5 Å². The van der Waals surface area contributed by atoms with Gasteiger partial charge in [-0.25, -0.2) is 17.9 Å². The van der Waals surface area contributed by atoms with Crippen molar-refractivity contribution >= 4 is 21.7 Å². The number of amides is 2. The summed E-state index contributed by atoms with van der Waals surface area (Å²) in [5.41, 5.74) is 5.90. The Morgan fingerprint density at radius 2 is 1.68 bits per heavy atom. The Hall–Kier alpha value is -1.64. The van der Waals surface area contributed by atoms with Gasteiger partial charge in [0.05, 0.1) is 5.75 Å². The molecule has 2 N–H and O–H groups in total. The lowest BCUT2D eigenvalue weighted by atomic mass is 9.99.